The quantitative estimate of drug-likeness (QED) is 0.323. The van der Waals surface area contributed by atoms with Crippen molar-refractivity contribution in [3.05, 3.63) is 71.8 Å². The summed E-state index contributed by atoms with van der Waals surface area (Å²) in [7, 11) is 1.64. The van der Waals surface area contributed by atoms with Gasteiger partial charge in [-0.05, 0) is 48.9 Å². The van der Waals surface area contributed by atoms with Crippen LogP contribution in [-0.4, -0.2) is 33.2 Å². The summed E-state index contributed by atoms with van der Waals surface area (Å²) in [6.45, 7) is 2.80. The number of nitrogens with zero attached hydrogens (tertiary/aromatic N) is 5. The Bertz CT molecular complexity index is 1300. The highest BCUT2D eigenvalue weighted by atomic mass is 16.5. The standard InChI is InChI=1S/C26H25N5O2/c1-3-4-5-16-33-25-20(8-6-10-22(25)32-2)12-14-24-30-21-9-7-15-28-26(21)31(24)23-13-11-19(17-27)18-29-23/h6-15,18H,3-5,16H2,1-2H3. The molecule has 7 nitrogen and oxygen atoms in total. The zero-order valence-electron chi connectivity index (χ0n) is 18.7. The number of hydrogen-bond donors (Lipinski definition) is 0. The molecular formula is C26H25N5O2. The van der Waals surface area contributed by atoms with Crippen LogP contribution in [0, 0.1) is 11.3 Å². The van der Waals surface area contributed by atoms with E-state index in [9.17, 15) is 0 Å². The van der Waals surface area contributed by atoms with Crippen molar-refractivity contribution in [1.82, 2.24) is 19.5 Å². The van der Waals surface area contributed by atoms with Crippen molar-refractivity contribution in [2.75, 3.05) is 13.7 Å². The molecule has 4 aromatic rings. The lowest BCUT2D eigenvalue weighted by atomic mass is 10.1. The van der Waals surface area contributed by atoms with Gasteiger partial charge in [-0.3, -0.25) is 4.57 Å². The number of aromatic nitrogens is 4. The largest absolute Gasteiger partial charge is 0.493 e. The molecule has 0 aliphatic rings. The van der Waals surface area contributed by atoms with Crippen molar-refractivity contribution < 1.29 is 9.47 Å². The number of nitriles is 1. The predicted molar refractivity (Wildman–Crippen MR) is 128 cm³/mol. The first-order valence-corrected chi connectivity index (χ1v) is 10.9. The average molecular weight is 440 g/mol. The van der Waals surface area contributed by atoms with Crippen molar-refractivity contribution in [1.29, 1.82) is 5.26 Å². The van der Waals surface area contributed by atoms with Gasteiger partial charge in [-0.25, -0.2) is 15.0 Å². The van der Waals surface area contributed by atoms with Crippen LogP contribution in [0.4, 0.5) is 0 Å². The summed E-state index contributed by atoms with van der Waals surface area (Å²) in [6.07, 6.45) is 10.4. The van der Waals surface area contributed by atoms with E-state index in [1.165, 1.54) is 0 Å². The maximum Gasteiger partial charge on any atom is 0.168 e. The smallest absolute Gasteiger partial charge is 0.168 e. The Balaban J connectivity index is 1.74. The number of para-hydroxylation sites is 1. The van der Waals surface area contributed by atoms with Crippen molar-refractivity contribution in [2.24, 2.45) is 0 Å². The molecule has 0 radical (unpaired) electrons. The van der Waals surface area contributed by atoms with E-state index in [4.69, 9.17) is 19.7 Å². The first-order valence-electron chi connectivity index (χ1n) is 10.9. The molecule has 0 saturated carbocycles. The van der Waals surface area contributed by atoms with E-state index >= 15 is 0 Å². The van der Waals surface area contributed by atoms with Gasteiger partial charge in [-0.2, -0.15) is 5.26 Å². The van der Waals surface area contributed by atoms with Gasteiger partial charge in [0.1, 0.15) is 23.2 Å². The zero-order valence-corrected chi connectivity index (χ0v) is 18.7. The highest BCUT2D eigenvalue weighted by Gasteiger charge is 2.14. The molecule has 7 heteroatoms. The van der Waals surface area contributed by atoms with Gasteiger partial charge in [0.05, 0.1) is 19.3 Å². The SMILES string of the molecule is CCCCCOc1c(C=Cc2nc3cccnc3n2-c2ccc(C#N)cn2)cccc1OC. The lowest BCUT2D eigenvalue weighted by molar-refractivity contribution is 0.285. The number of methoxy groups -OCH3 is 1. The molecule has 0 bridgehead atoms. The molecule has 0 unspecified atom stereocenters. The highest BCUT2D eigenvalue weighted by molar-refractivity contribution is 5.80. The van der Waals surface area contributed by atoms with E-state index < -0.39 is 0 Å². The molecule has 166 valence electrons. The first kappa shape index (κ1) is 22.0. The maximum atomic E-state index is 9.10. The van der Waals surface area contributed by atoms with Gasteiger partial charge < -0.3 is 9.47 Å². The zero-order chi connectivity index (χ0) is 23.0. The molecule has 0 aliphatic heterocycles. The number of hydrogen-bond acceptors (Lipinski definition) is 6. The van der Waals surface area contributed by atoms with E-state index in [1.54, 1.807) is 31.6 Å². The molecular weight excluding hydrogens is 414 g/mol. The van der Waals surface area contributed by atoms with Crippen molar-refractivity contribution in [2.45, 2.75) is 26.2 Å². The van der Waals surface area contributed by atoms with Crippen molar-refractivity contribution in [3.8, 4) is 23.4 Å². The third-order valence-corrected chi connectivity index (χ3v) is 5.18. The Morgan fingerprint density at radius 1 is 1.06 bits per heavy atom. The van der Waals surface area contributed by atoms with Crippen molar-refractivity contribution in [3.63, 3.8) is 0 Å². The number of unbranched alkanes of at least 4 members (excludes halogenated alkanes) is 2. The van der Waals surface area contributed by atoms with E-state index in [-0.39, 0.29) is 0 Å². The molecule has 0 fully saturated rings. The summed E-state index contributed by atoms with van der Waals surface area (Å²) in [5.74, 6) is 2.71. The van der Waals surface area contributed by atoms with Crippen LogP contribution in [0.3, 0.4) is 0 Å². The second kappa shape index (κ2) is 10.4. The van der Waals surface area contributed by atoms with Gasteiger partial charge in [0, 0.05) is 18.0 Å². The first-order chi connectivity index (χ1) is 16.2. The molecule has 0 amide bonds. The molecule has 0 aliphatic carbocycles. The number of fused-ring (bicyclic) bond motifs is 1. The van der Waals surface area contributed by atoms with Crippen LogP contribution in [0.15, 0.2) is 54.9 Å². The summed E-state index contributed by atoms with van der Waals surface area (Å²) < 4.78 is 13.5. The van der Waals surface area contributed by atoms with E-state index in [2.05, 4.69) is 23.0 Å². The fraction of sp³-hybridized carbons (Fsp3) is 0.231. The third-order valence-electron chi connectivity index (χ3n) is 5.18. The normalized spacial score (nSPS) is 11.1. The molecule has 0 saturated heterocycles. The van der Waals surface area contributed by atoms with Gasteiger partial charge in [0.25, 0.3) is 0 Å². The van der Waals surface area contributed by atoms with Crippen LogP contribution in [0.1, 0.15) is 43.1 Å². The minimum absolute atomic E-state index is 0.495. The number of pyridine rings is 2. The van der Waals surface area contributed by atoms with E-state index in [0.717, 1.165) is 30.3 Å². The third kappa shape index (κ3) is 4.85. The Morgan fingerprint density at radius 2 is 1.97 bits per heavy atom. The summed E-state index contributed by atoms with van der Waals surface area (Å²) in [6, 6.07) is 15.2. The van der Waals surface area contributed by atoms with Crippen LogP contribution in [0.5, 0.6) is 11.5 Å². The molecule has 1 aromatic carbocycles. The number of rotatable bonds is 9. The van der Waals surface area contributed by atoms with Crippen molar-refractivity contribution >= 4 is 23.3 Å². The molecule has 0 N–H and O–H groups in total. The average Bonchev–Trinajstić information content (AvgIpc) is 3.24. The van der Waals surface area contributed by atoms with Gasteiger partial charge in [0.15, 0.2) is 17.1 Å². The second-order valence-corrected chi connectivity index (χ2v) is 7.44. The van der Waals surface area contributed by atoms with Gasteiger partial charge in [-0.1, -0.05) is 31.9 Å². The van der Waals surface area contributed by atoms with Crippen LogP contribution in [0.2, 0.25) is 0 Å². The minimum atomic E-state index is 0.495. The minimum Gasteiger partial charge on any atom is -0.493 e. The fourth-order valence-corrected chi connectivity index (χ4v) is 3.52. The van der Waals surface area contributed by atoms with E-state index in [0.29, 0.717) is 41.0 Å². The van der Waals surface area contributed by atoms with E-state index in [1.807, 2.05) is 47.1 Å². The molecule has 3 heterocycles. The van der Waals surface area contributed by atoms with Crippen LogP contribution < -0.4 is 9.47 Å². The molecule has 33 heavy (non-hydrogen) atoms. The monoisotopic (exact) mass is 439 g/mol. The van der Waals surface area contributed by atoms with Gasteiger partial charge in [-0.15, -0.1) is 0 Å². The number of benzene rings is 1. The Morgan fingerprint density at radius 3 is 2.73 bits per heavy atom. The predicted octanol–water partition coefficient (Wildman–Crippen LogP) is 5.44. The van der Waals surface area contributed by atoms with Gasteiger partial charge in [0.2, 0.25) is 0 Å². The van der Waals surface area contributed by atoms with Crippen LogP contribution in [0.25, 0.3) is 29.1 Å². The molecule has 0 atom stereocenters. The molecule has 3 aromatic heterocycles. The van der Waals surface area contributed by atoms with Crippen LogP contribution in [-0.2, 0) is 0 Å². The Hall–Kier alpha value is -4.18. The highest BCUT2D eigenvalue weighted by Crippen LogP contribution is 2.33. The summed E-state index contributed by atoms with van der Waals surface area (Å²) in [5.41, 5.74) is 2.83. The Labute approximate surface area is 193 Å². The van der Waals surface area contributed by atoms with Crippen LogP contribution >= 0.6 is 0 Å². The molecule has 0 spiro atoms. The van der Waals surface area contributed by atoms with Gasteiger partial charge >= 0.3 is 0 Å². The number of imidazole rings is 1. The molecule has 4 rings (SSSR count). The summed E-state index contributed by atoms with van der Waals surface area (Å²) in [4.78, 5) is 13.7. The maximum absolute atomic E-state index is 9.10. The summed E-state index contributed by atoms with van der Waals surface area (Å²) in [5, 5.41) is 9.10. The number of ether oxygens (including phenoxy) is 2. The summed E-state index contributed by atoms with van der Waals surface area (Å²) >= 11 is 0. The fourth-order valence-electron chi connectivity index (χ4n) is 3.52. The topological polar surface area (TPSA) is 85.9 Å². The second-order valence-electron chi connectivity index (χ2n) is 7.44. The lowest BCUT2D eigenvalue weighted by Gasteiger charge is -2.13. The Kier molecular flexibility index (Phi) is 6.96. The lowest BCUT2D eigenvalue weighted by Crippen LogP contribution is -2.02.